The van der Waals surface area contributed by atoms with Crippen molar-refractivity contribution in [3.8, 4) is 16.9 Å². The van der Waals surface area contributed by atoms with Gasteiger partial charge in [0.15, 0.2) is 0 Å². The molecule has 0 aliphatic rings. The van der Waals surface area contributed by atoms with Gasteiger partial charge in [0.05, 0.1) is 12.0 Å². The standard InChI is InChI=1S/C16H15ClF3NO2/c17-9-14(22)10-21-13-5-1-11(2-6-13)12-3-7-15(8-4-12)23-16(18,19)20/h1-8,14,21-22H,9-10H2. The lowest BCUT2D eigenvalue weighted by atomic mass is 10.1. The van der Waals surface area contributed by atoms with E-state index in [9.17, 15) is 18.3 Å². The molecule has 0 aliphatic carbocycles. The van der Waals surface area contributed by atoms with Crippen molar-refractivity contribution in [3.05, 3.63) is 48.5 Å². The predicted molar refractivity (Wildman–Crippen MR) is 83.8 cm³/mol. The molecule has 0 saturated heterocycles. The predicted octanol–water partition coefficient (Wildman–Crippen LogP) is 4.26. The van der Waals surface area contributed by atoms with Crippen LogP contribution in [-0.2, 0) is 0 Å². The summed E-state index contributed by atoms with van der Waals surface area (Å²) in [5.74, 6) is -0.105. The van der Waals surface area contributed by atoms with Crippen LogP contribution >= 0.6 is 11.6 Å². The van der Waals surface area contributed by atoms with Gasteiger partial charge in [-0.2, -0.15) is 0 Å². The van der Waals surface area contributed by atoms with Crippen LogP contribution in [0.5, 0.6) is 5.75 Å². The lowest BCUT2D eigenvalue weighted by molar-refractivity contribution is -0.274. The van der Waals surface area contributed by atoms with Gasteiger partial charge < -0.3 is 15.2 Å². The van der Waals surface area contributed by atoms with E-state index in [4.69, 9.17) is 11.6 Å². The maximum absolute atomic E-state index is 12.1. The molecule has 2 aromatic carbocycles. The molecular formula is C16H15ClF3NO2. The fourth-order valence-corrected chi connectivity index (χ4v) is 2.03. The quantitative estimate of drug-likeness (QED) is 0.768. The minimum Gasteiger partial charge on any atom is -0.406 e. The van der Waals surface area contributed by atoms with Crippen LogP contribution in [0.1, 0.15) is 0 Å². The molecule has 0 aliphatic heterocycles. The first kappa shape index (κ1) is 17.4. The molecule has 0 amide bonds. The third kappa shape index (κ3) is 5.65. The van der Waals surface area contributed by atoms with Crippen LogP contribution in [0.3, 0.4) is 0 Å². The van der Waals surface area contributed by atoms with E-state index >= 15 is 0 Å². The summed E-state index contributed by atoms with van der Waals surface area (Å²) in [6.07, 6.45) is -5.32. The SMILES string of the molecule is OC(CCl)CNc1ccc(-c2ccc(OC(F)(F)F)cc2)cc1. The number of anilines is 1. The zero-order valence-electron chi connectivity index (χ0n) is 12.0. The molecule has 23 heavy (non-hydrogen) atoms. The molecule has 3 nitrogen and oxygen atoms in total. The summed E-state index contributed by atoms with van der Waals surface area (Å²) in [6.45, 7) is 0.340. The molecule has 1 unspecified atom stereocenters. The molecule has 2 N–H and O–H groups in total. The van der Waals surface area contributed by atoms with Crippen molar-refractivity contribution in [3.63, 3.8) is 0 Å². The topological polar surface area (TPSA) is 41.5 Å². The van der Waals surface area contributed by atoms with Crippen molar-refractivity contribution >= 4 is 17.3 Å². The van der Waals surface area contributed by atoms with Crippen LogP contribution in [0, 0.1) is 0 Å². The summed E-state index contributed by atoms with van der Waals surface area (Å²) < 4.78 is 40.2. The second-order valence-electron chi connectivity index (χ2n) is 4.84. The first-order valence-corrected chi connectivity index (χ1v) is 7.35. The van der Waals surface area contributed by atoms with Crippen LogP contribution < -0.4 is 10.1 Å². The van der Waals surface area contributed by atoms with E-state index < -0.39 is 12.5 Å². The van der Waals surface area contributed by atoms with Crippen LogP contribution in [0.25, 0.3) is 11.1 Å². The van der Waals surface area contributed by atoms with Gasteiger partial charge in [-0.05, 0) is 35.4 Å². The Kier molecular flexibility index (Phi) is 5.74. The second-order valence-corrected chi connectivity index (χ2v) is 5.15. The van der Waals surface area contributed by atoms with Gasteiger partial charge in [-0.3, -0.25) is 0 Å². The Bertz CT molecular complexity index is 615. The van der Waals surface area contributed by atoms with E-state index in [0.29, 0.717) is 6.54 Å². The number of hydrogen-bond acceptors (Lipinski definition) is 3. The van der Waals surface area contributed by atoms with E-state index in [1.807, 2.05) is 24.3 Å². The Balaban J connectivity index is 2.01. The third-order valence-electron chi connectivity index (χ3n) is 3.03. The number of benzene rings is 2. The van der Waals surface area contributed by atoms with Crippen LogP contribution in [-0.4, -0.2) is 30.0 Å². The van der Waals surface area contributed by atoms with Crippen LogP contribution in [0.2, 0.25) is 0 Å². The van der Waals surface area contributed by atoms with Crippen molar-refractivity contribution in [1.82, 2.24) is 0 Å². The number of ether oxygens (including phenoxy) is 1. The van der Waals surface area contributed by atoms with E-state index in [1.165, 1.54) is 12.1 Å². The number of aliphatic hydroxyl groups is 1. The third-order valence-corrected chi connectivity index (χ3v) is 3.38. The van der Waals surface area contributed by atoms with Crippen molar-refractivity contribution in [2.75, 3.05) is 17.7 Å². The van der Waals surface area contributed by atoms with Gasteiger partial charge in [0.1, 0.15) is 5.75 Å². The van der Waals surface area contributed by atoms with Gasteiger partial charge in [-0.15, -0.1) is 24.8 Å². The number of rotatable bonds is 6. The number of alkyl halides is 4. The van der Waals surface area contributed by atoms with Crippen molar-refractivity contribution in [2.45, 2.75) is 12.5 Å². The molecule has 7 heteroatoms. The molecule has 0 saturated carbocycles. The Morgan fingerprint density at radius 3 is 2.00 bits per heavy atom. The molecular weight excluding hydrogens is 331 g/mol. The minimum atomic E-state index is -4.69. The minimum absolute atomic E-state index is 0.150. The Morgan fingerprint density at radius 1 is 1.00 bits per heavy atom. The maximum atomic E-state index is 12.1. The number of aliphatic hydroxyl groups excluding tert-OH is 1. The molecule has 0 spiro atoms. The van der Waals surface area contributed by atoms with E-state index in [-0.39, 0.29) is 11.6 Å². The highest BCUT2D eigenvalue weighted by Crippen LogP contribution is 2.27. The van der Waals surface area contributed by atoms with E-state index in [0.717, 1.165) is 16.8 Å². The fourth-order valence-electron chi connectivity index (χ4n) is 1.92. The summed E-state index contributed by atoms with van der Waals surface area (Å²) in [5.41, 5.74) is 2.44. The molecule has 0 fully saturated rings. The van der Waals surface area contributed by atoms with Crippen LogP contribution in [0.15, 0.2) is 48.5 Å². The molecule has 0 bridgehead atoms. The van der Waals surface area contributed by atoms with Gasteiger partial charge in [0.25, 0.3) is 0 Å². The fraction of sp³-hybridized carbons (Fsp3) is 0.250. The van der Waals surface area contributed by atoms with E-state index in [2.05, 4.69) is 10.1 Å². The molecule has 1 atom stereocenters. The average Bonchev–Trinajstić information content (AvgIpc) is 2.52. The average molecular weight is 346 g/mol. The van der Waals surface area contributed by atoms with Crippen molar-refractivity contribution in [1.29, 1.82) is 0 Å². The molecule has 124 valence electrons. The molecule has 0 aromatic heterocycles. The lowest BCUT2D eigenvalue weighted by Crippen LogP contribution is -2.20. The first-order chi connectivity index (χ1) is 10.9. The van der Waals surface area contributed by atoms with Crippen LogP contribution in [0.4, 0.5) is 18.9 Å². The highest BCUT2D eigenvalue weighted by atomic mass is 35.5. The first-order valence-electron chi connectivity index (χ1n) is 6.81. The van der Waals surface area contributed by atoms with E-state index in [1.54, 1.807) is 12.1 Å². The highest BCUT2D eigenvalue weighted by molar-refractivity contribution is 6.18. The maximum Gasteiger partial charge on any atom is 0.573 e. The van der Waals surface area contributed by atoms with Crippen molar-refractivity contribution < 1.29 is 23.0 Å². The smallest absolute Gasteiger partial charge is 0.406 e. The highest BCUT2D eigenvalue weighted by Gasteiger charge is 2.30. The van der Waals surface area contributed by atoms with Gasteiger partial charge in [-0.25, -0.2) is 0 Å². The molecule has 0 heterocycles. The second kappa shape index (κ2) is 7.57. The van der Waals surface area contributed by atoms with Gasteiger partial charge in [-0.1, -0.05) is 24.3 Å². The lowest BCUT2D eigenvalue weighted by Gasteiger charge is -2.11. The molecule has 2 rings (SSSR count). The molecule has 2 aromatic rings. The summed E-state index contributed by atoms with van der Waals surface area (Å²) in [4.78, 5) is 0. The van der Waals surface area contributed by atoms with Crippen molar-refractivity contribution in [2.24, 2.45) is 0 Å². The number of nitrogens with one attached hydrogen (secondary N) is 1. The zero-order valence-corrected chi connectivity index (χ0v) is 12.7. The summed E-state index contributed by atoms with van der Waals surface area (Å²) in [5, 5.41) is 12.4. The van der Waals surface area contributed by atoms with Gasteiger partial charge in [0, 0.05) is 12.2 Å². The zero-order chi connectivity index (χ0) is 16.9. The summed E-state index contributed by atoms with van der Waals surface area (Å²) in [6, 6.07) is 12.9. The Morgan fingerprint density at radius 2 is 1.52 bits per heavy atom. The summed E-state index contributed by atoms with van der Waals surface area (Å²) in [7, 11) is 0. The number of hydrogen-bond donors (Lipinski definition) is 2. The molecule has 0 radical (unpaired) electrons. The Hall–Kier alpha value is -1.92. The monoisotopic (exact) mass is 345 g/mol. The van der Waals surface area contributed by atoms with Gasteiger partial charge >= 0.3 is 6.36 Å². The largest absolute Gasteiger partial charge is 0.573 e. The normalized spacial score (nSPS) is 12.7. The Labute approximate surface area is 136 Å². The summed E-state index contributed by atoms with van der Waals surface area (Å²) >= 11 is 5.51. The van der Waals surface area contributed by atoms with Gasteiger partial charge in [0.2, 0.25) is 0 Å². The number of halogens is 4.